The van der Waals surface area contributed by atoms with Gasteiger partial charge in [0.05, 0.1) is 6.54 Å². The Balaban J connectivity index is 2.02. The average molecular weight is 224 g/mol. The van der Waals surface area contributed by atoms with Gasteiger partial charge in [-0.2, -0.15) is 0 Å². The lowest BCUT2D eigenvalue weighted by atomic mass is 10.5. The maximum absolute atomic E-state index is 5.65. The summed E-state index contributed by atoms with van der Waals surface area (Å²) in [5.41, 5.74) is 0. The zero-order valence-corrected chi connectivity index (χ0v) is 8.94. The minimum Gasteiger partial charge on any atom is -0.363 e. The van der Waals surface area contributed by atoms with Crippen LogP contribution >= 0.6 is 11.6 Å². The van der Waals surface area contributed by atoms with Crippen LogP contribution in [0.5, 0.6) is 0 Å². The molecular formula is C9H10ClN5. The zero-order chi connectivity index (χ0) is 10.7. The predicted octanol–water partition coefficient (Wildman–Crippen LogP) is 1.48. The molecule has 0 amide bonds. The van der Waals surface area contributed by atoms with Crippen LogP contribution in [0.25, 0.3) is 0 Å². The Morgan fingerprint density at radius 2 is 2.27 bits per heavy atom. The van der Waals surface area contributed by atoms with Crippen LogP contribution < -0.4 is 5.32 Å². The van der Waals surface area contributed by atoms with E-state index in [1.165, 1.54) is 0 Å². The number of imidazole rings is 1. The van der Waals surface area contributed by atoms with Gasteiger partial charge in [-0.15, -0.1) is 0 Å². The number of hydrogen-bond donors (Lipinski definition) is 1. The summed E-state index contributed by atoms with van der Waals surface area (Å²) in [4.78, 5) is 12.0. The summed E-state index contributed by atoms with van der Waals surface area (Å²) in [5, 5.41) is 3.35. The summed E-state index contributed by atoms with van der Waals surface area (Å²) < 4.78 is 1.94. The molecule has 0 atom stereocenters. The lowest BCUT2D eigenvalue weighted by Crippen LogP contribution is -2.06. The van der Waals surface area contributed by atoms with Crippen molar-refractivity contribution in [1.29, 1.82) is 0 Å². The van der Waals surface area contributed by atoms with E-state index < -0.39 is 0 Å². The molecule has 0 fully saturated rings. The maximum atomic E-state index is 5.65. The second-order valence-electron chi connectivity index (χ2n) is 3.02. The van der Waals surface area contributed by atoms with Gasteiger partial charge >= 0.3 is 0 Å². The topological polar surface area (TPSA) is 55.6 Å². The van der Waals surface area contributed by atoms with Crippen molar-refractivity contribution in [2.45, 2.75) is 6.54 Å². The van der Waals surface area contributed by atoms with Gasteiger partial charge in [0.15, 0.2) is 0 Å². The van der Waals surface area contributed by atoms with Crippen molar-refractivity contribution in [3.05, 3.63) is 35.8 Å². The first-order chi connectivity index (χ1) is 7.25. The van der Waals surface area contributed by atoms with E-state index in [1.807, 2.05) is 17.8 Å². The zero-order valence-electron chi connectivity index (χ0n) is 8.18. The molecule has 0 aliphatic rings. The van der Waals surface area contributed by atoms with Crippen molar-refractivity contribution < 1.29 is 0 Å². The Labute approximate surface area is 92.1 Å². The SMILES string of the molecule is Cn1ccnc1CNc1ccnc(Cl)n1. The minimum atomic E-state index is 0.236. The third-order valence-electron chi connectivity index (χ3n) is 1.97. The molecule has 2 heterocycles. The van der Waals surface area contributed by atoms with Crippen molar-refractivity contribution >= 4 is 17.4 Å². The van der Waals surface area contributed by atoms with Gasteiger partial charge in [0.1, 0.15) is 11.6 Å². The molecule has 0 aliphatic carbocycles. The number of aromatic nitrogens is 4. The summed E-state index contributed by atoms with van der Waals surface area (Å²) >= 11 is 5.65. The van der Waals surface area contributed by atoms with E-state index in [4.69, 9.17) is 11.6 Å². The fraction of sp³-hybridized carbons (Fsp3) is 0.222. The van der Waals surface area contributed by atoms with Crippen molar-refractivity contribution in [2.24, 2.45) is 7.05 Å². The molecular weight excluding hydrogens is 214 g/mol. The molecule has 5 nitrogen and oxygen atoms in total. The highest BCUT2D eigenvalue weighted by Crippen LogP contribution is 2.07. The van der Waals surface area contributed by atoms with Crippen LogP contribution in [0.1, 0.15) is 5.82 Å². The van der Waals surface area contributed by atoms with Crippen LogP contribution in [-0.4, -0.2) is 19.5 Å². The van der Waals surface area contributed by atoms with Crippen LogP contribution in [-0.2, 0) is 13.6 Å². The summed E-state index contributed by atoms with van der Waals surface area (Å²) in [5.74, 6) is 1.63. The second-order valence-corrected chi connectivity index (χ2v) is 3.36. The number of nitrogens with zero attached hydrogens (tertiary/aromatic N) is 4. The first kappa shape index (κ1) is 9.92. The van der Waals surface area contributed by atoms with Gasteiger partial charge in [-0.1, -0.05) is 0 Å². The fourth-order valence-electron chi connectivity index (χ4n) is 1.17. The monoisotopic (exact) mass is 223 g/mol. The van der Waals surface area contributed by atoms with Gasteiger partial charge < -0.3 is 9.88 Å². The molecule has 0 aliphatic heterocycles. The first-order valence-corrected chi connectivity index (χ1v) is 4.82. The van der Waals surface area contributed by atoms with Gasteiger partial charge in [-0.3, -0.25) is 0 Å². The van der Waals surface area contributed by atoms with E-state index in [9.17, 15) is 0 Å². The number of hydrogen-bond acceptors (Lipinski definition) is 4. The smallest absolute Gasteiger partial charge is 0.224 e. The largest absolute Gasteiger partial charge is 0.363 e. The number of anilines is 1. The summed E-state index contributed by atoms with van der Waals surface area (Å²) in [7, 11) is 1.94. The van der Waals surface area contributed by atoms with Crippen LogP contribution in [0.2, 0.25) is 5.28 Å². The number of aryl methyl sites for hydroxylation is 1. The summed E-state index contributed by atoms with van der Waals surface area (Å²) in [6, 6.07) is 1.76. The van der Waals surface area contributed by atoms with E-state index in [2.05, 4.69) is 20.3 Å². The molecule has 0 saturated heterocycles. The van der Waals surface area contributed by atoms with Crippen molar-refractivity contribution in [3.8, 4) is 0 Å². The van der Waals surface area contributed by atoms with E-state index in [0.29, 0.717) is 12.4 Å². The molecule has 0 saturated carbocycles. The third kappa shape index (κ3) is 2.44. The maximum Gasteiger partial charge on any atom is 0.224 e. The average Bonchev–Trinajstić information content (AvgIpc) is 2.61. The molecule has 0 spiro atoms. The fourth-order valence-corrected chi connectivity index (χ4v) is 1.32. The Hall–Kier alpha value is -1.62. The second kappa shape index (κ2) is 4.27. The predicted molar refractivity (Wildman–Crippen MR) is 57.6 cm³/mol. The highest BCUT2D eigenvalue weighted by atomic mass is 35.5. The molecule has 2 aromatic heterocycles. The van der Waals surface area contributed by atoms with Gasteiger partial charge in [-0.25, -0.2) is 15.0 Å². The van der Waals surface area contributed by atoms with Gasteiger partial charge in [0.2, 0.25) is 5.28 Å². The number of rotatable bonds is 3. The third-order valence-corrected chi connectivity index (χ3v) is 2.16. The Kier molecular flexibility index (Phi) is 2.82. The molecule has 78 valence electrons. The Morgan fingerprint density at radius 1 is 1.40 bits per heavy atom. The Morgan fingerprint density at radius 3 is 2.93 bits per heavy atom. The van der Waals surface area contributed by atoms with E-state index in [-0.39, 0.29) is 5.28 Å². The quantitative estimate of drug-likeness (QED) is 0.801. The van der Waals surface area contributed by atoms with Gasteiger partial charge in [-0.05, 0) is 17.7 Å². The van der Waals surface area contributed by atoms with Crippen LogP contribution in [0.3, 0.4) is 0 Å². The highest BCUT2D eigenvalue weighted by molar-refractivity contribution is 6.28. The summed E-state index contributed by atoms with van der Waals surface area (Å²) in [6.07, 6.45) is 5.25. The molecule has 6 heteroatoms. The van der Waals surface area contributed by atoms with Crippen LogP contribution in [0.15, 0.2) is 24.7 Å². The number of nitrogens with one attached hydrogen (secondary N) is 1. The molecule has 2 rings (SSSR count). The van der Waals surface area contributed by atoms with Gasteiger partial charge in [0, 0.05) is 25.6 Å². The van der Waals surface area contributed by atoms with Gasteiger partial charge in [0.25, 0.3) is 0 Å². The molecule has 0 radical (unpaired) electrons. The Bertz CT molecular complexity index is 453. The molecule has 2 aromatic rings. The molecule has 0 bridgehead atoms. The lowest BCUT2D eigenvalue weighted by molar-refractivity contribution is 0.810. The molecule has 15 heavy (non-hydrogen) atoms. The normalized spacial score (nSPS) is 10.3. The van der Waals surface area contributed by atoms with Crippen LogP contribution in [0, 0.1) is 0 Å². The molecule has 1 N–H and O–H groups in total. The standard InChI is InChI=1S/C9H10ClN5/c1-15-5-4-11-8(15)6-13-7-2-3-12-9(10)14-7/h2-5H,6H2,1H3,(H,12,13,14). The van der Waals surface area contributed by atoms with E-state index in [0.717, 1.165) is 5.82 Å². The summed E-state index contributed by atoms with van der Waals surface area (Å²) in [6.45, 7) is 0.608. The number of halogens is 1. The van der Waals surface area contributed by atoms with Crippen molar-refractivity contribution in [1.82, 2.24) is 19.5 Å². The highest BCUT2D eigenvalue weighted by Gasteiger charge is 2.00. The lowest BCUT2D eigenvalue weighted by Gasteiger charge is -2.04. The first-order valence-electron chi connectivity index (χ1n) is 4.44. The molecule has 0 unspecified atom stereocenters. The van der Waals surface area contributed by atoms with Crippen molar-refractivity contribution in [3.63, 3.8) is 0 Å². The van der Waals surface area contributed by atoms with E-state index in [1.54, 1.807) is 18.5 Å². The van der Waals surface area contributed by atoms with Crippen LogP contribution in [0.4, 0.5) is 5.82 Å². The molecule has 0 aromatic carbocycles. The van der Waals surface area contributed by atoms with Crippen molar-refractivity contribution in [2.75, 3.05) is 5.32 Å². The van der Waals surface area contributed by atoms with E-state index >= 15 is 0 Å². The minimum absolute atomic E-state index is 0.236.